The van der Waals surface area contributed by atoms with Crippen LogP contribution in [0.15, 0.2) is 24.3 Å². The molecule has 126 valence electrons. The SMILES string of the molecule is CCOc1ccc(NC(=O)C(=O)NC[C@H]2CCC[NH+]2CC)cc1. The molecule has 1 aromatic carbocycles. The molecular formula is C17H26N3O3+. The Morgan fingerprint density at radius 2 is 1.96 bits per heavy atom. The zero-order valence-electron chi connectivity index (χ0n) is 13.9. The second kappa shape index (κ2) is 8.53. The van der Waals surface area contributed by atoms with Gasteiger partial charge in [0.2, 0.25) is 0 Å². The lowest BCUT2D eigenvalue weighted by atomic mass is 10.2. The van der Waals surface area contributed by atoms with Crippen LogP contribution < -0.4 is 20.3 Å². The normalized spacial score (nSPS) is 20.1. The quantitative estimate of drug-likeness (QED) is 0.656. The molecule has 1 unspecified atom stereocenters. The summed E-state index contributed by atoms with van der Waals surface area (Å²) in [6.07, 6.45) is 2.28. The number of ether oxygens (including phenoxy) is 1. The van der Waals surface area contributed by atoms with Gasteiger partial charge in [-0.15, -0.1) is 0 Å². The van der Waals surface area contributed by atoms with E-state index in [1.807, 2.05) is 6.92 Å². The van der Waals surface area contributed by atoms with E-state index < -0.39 is 11.8 Å². The van der Waals surface area contributed by atoms with E-state index in [4.69, 9.17) is 4.74 Å². The van der Waals surface area contributed by atoms with E-state index in [-0.39, 0.29) is 0 Å². The summed E-state index contributed by atoms with van der Waals surface area (Å²) in [5.74, 6) is -0.481. The van der Waals surface area contributed by atoms with Gasteiger partial charge in [0.1, 0.15) is 11.8 Å². The average Bonchev–Trinajstić information content (AvgIpc) is 3.02. The minimum atomic E-state index is -0.634. The highest BCUT2D eigenvalue weighted by Crippen LogP contribution is 2.15. The fourth-order valence-corrected chi connectivity index (χ4v) is 2.98. The molecule has 1 aliphatic rings. The first-order valence-electron chi connectivity index (χ1n) is 8.30. The molecule has 1 aliphatic heterocycles. The molecule has 2 atom stereocenters. The summed E-state index contributed by atoms with van der Waals surface area (Å²) in [5, 5.41) is 5.34. The molecule has 2 amide bonds. The smallest absolute Gasteiger partial charge is 0.313 e. The van der Waals surface area contributed by atoms with Gasteiger partial charge in [0, 0.05) is 18.5 Å². The number of likely N-dealkylation sites (tertiary alicyclic amines) is 1. The molecule has 23 heavy (non-hydrogen) atoms. The van der Waals surface area contributed by atoms with Gasteiger partial charge >= 0.3 is 11.8 Å². The van der Waals surface area contributed by atoms with E-state index in [1.165, 1.54) is 11.3 Å². The number of likely N-dealkylation sites (N-methyl/N-ethyl adjacent to an activating group) is 1. The van der Waals surface area contributed by atoms with Crippen LogP contribution in [0.4, 0.5) is 5.69 Å². The van der Waals surface area contributed by atoms with Crippen molar-refractivity contribution in [2.24, 2.45) is 0 Å². The molecule has 0 radical (unpaired) electrons. The van der Waals surface area contributed by atoms with Crippen molar-refractivity contribution in [3.63, 3.8) is 0 Å². The maximum absolute atomic E-state index is 11.9. The van der Waals surface area contributed by atoms with Gasteiger partial charge in [-0.2, -0.15) is 0 Å². The maximum Gasteiger partial charge on any atom is 0.313 e. The number of quaternary nitrogens is 1. The largest absolute Gasteiger partial charge is 0.494 e. The number of amides is 2. The zero-order chi connectivity index (χ0) is 16.7. The first-order valence-corrected chi connectivity index (χ1v) is 8.30. The second-order valence-electron chi connectivity index (χ2n) is 5.72. The van der Waals surface area contributed by atoms with Crippen LogP contribution in [0.2, 0.25) is 0 Å². The van der Waals surface area contributed by atoms with Crippen molar-refractivity contribution in [1.29, 1.82) is 0 Å². The van der Waals surface area contributed by atoms with Crippen molar-refractivity contribution in [3.8, 4) is 5.75 Å². The lowest BCUT2D eigenvalue weighted by molar-refractivity contribution is -0.909. The van der Waals surface area contributed by atoms with Crippen molar-refractivity contribution >= 4 is 17.5 Å². The van der Waals surface area contributed by atoms with Crippen LogP contribution in [0.3, 0.4) is 0 Å². The summed E-state index contributed by atoms with van der Waals surface area (Å²) < 4.78 is 5.34. The van der Waals surface area contributed by atoms with Crippen LogP contribution in [0.1, 0.15) is 26.7 Å². The van der Waals surface area contributed by atoms with E-state index in [9.17, 15) is 9.59 Å². The molecule has 3 N–H and O–H groups in total. The molecule has 2 rings (SSSR count). The average molecular weight is 320 g/mol. The van der Waals surface area contributed by atoms with Crippen LogP contribution in [0, 0.1) is 0 Å². The summed E-state index contributed by atoms with van der Waals surface area (Å²) in [6, 6.07) is 7.38. The lowest BCUT2D eigenvalue weighted by Gasteiger charge is -2.19. The molecule has 0 aliphatic carbocycles. The van der Waals surface area contributed by atoms with E-state index in [1.54, 1.807) is 24.3 Å². The van der Waals surface area contributed by atoms with Crippen LogP contribution in [-0.4, -0.2) is 44.1 Å². The number of nitrogens with one attached hydrogen (secondary N) is 3. The Labute approximate surface area is 137 Å². The van der Waals surface area contributed by atoms with E-state index >= 15 is 0 Å². The summed E-state index contributed by atoms with van der Waals surface area (Å²) in [6.45, 7) is 7.40. The molecule has 0 spiro atoms. The van der Waals surface area contributed by atoms with E-state index in [2.05, 4.69) is 17.6 Å². The molecule has 0 aromatic heterocycles. The first kappa shape index (κ1) is 17.3. The van der Waals surface area contributed by atoms with Gasteiger partial charge in [0.05, 0.1) is 26.2 Å². The summed E-state index contributed by atoms with van der Waals surface area (Å²) in [4.78, 5) is 25.3. The Morgan fingerprint density at radius 1 is 1.22 bits per heavy atom. The molecule has 6 nitrogen and oxygen atoms in total. The second-order valence-corrected chi connectivity index (χ2v) is 5.72. The third-order valence-electron chi connectivity index (χ3n) is 4.22. The van der Waals surface area contributed by atoms with Crippen LogP contribution >= 0.6 is 0 Å². The fourth-order valence-electron chi connectivity index (χ4n) is 2.98. The highest BCUT2D eigenvalue weighted by molar-refractivity contribution is 6.39. The lowest BCUT2D eigenvalue weighted by Crippen LogP contribution is -3.14. The minimum absolute atomic E-state index is 0.419. The number of anilines is 1. The van der Waals surface area contributed by atoms with Gasteiger partial charge in [0.25, 0.3) is 0 Å². The van der Waals surface area contributed by atoms with Crippen LogP contribution in [0.25, 0.3) is 0 Å². The fraction of sp³-hybridized carbons (Fsp3) is 0.529. The molecule has 1 aromatic rings. The molecule has 1 saturated heterocycles. The Morgan fingerprint density at radius 3 is 2.61 bits per heavy atom. The standard InChI is InChI=1S/C17H25N3O3/c1-3-20-11-5-6-14(20)12-18-16(21)17(22)19-13-7-9-15(10-8-13)23-4-2/h7-10,14H,3-6,11-12H2,1-2H3,(H,18,21)(H,19,22)/p+1/t14-/m1/s1. The van der Waals surface area contributed by atoms with Crippen molar-refractivity contribution < 1.29 is 19.2 Å². The maximum atomic E-state index is 11.9. The molecule has 1 fully saturated rings. The number of rotatable bonds is 6. The predicted octanol–water partition coefficient (Wildman–Crippen LogP) is 0.207. The topological polar surface area (TPSA) is 71.9 Å². The summed E-state index contributed by atoms with van der Waals surface area (Å²) in [5.41, 5.74) is 0.579. The van der Waals surface area contributed by atoms with Gasteiger partial charge < -0.3 is 20.3 Å². The summed E-state index contributed by atoms with van der Waals surface area (Å²) >= 11 is 0. The van der Waals surface area contributed by atoms with Gasteiger partial charge in [-0.05, 0) is 38.1 Å². The van der Waals surface area contributed by atoms with E-state index in [0.29, 0.717) is 24.9 Å². The monoisotopic (exact) mass is 320 g/mol. The third kappa shape index (κ3) is 4.96. The molecule has 1 heterocycles. The van der Waals surface area contributed by atoms with Crippen LogP contribution in [0.5, 0.6) is 5.75 Å². The van der Waals surface area contributed by atoms with Gasteiger partial charge in [-0.1, -0.05) is 0 Å². The zero-order valence-corrected chi connectivity index (χ0v) is 13.9. The van der Waals surface area contributed by atoms with E-state index in [0.717, 1.165) is 25.3 Å². The number of hydrogen-bond donors (Lipinski definition) is 3. The summed E-state index contributed by atoms with van der Waals surface area (Å²) in [7, 11) is 0. The van der Waals surface area contributed by atoms with Crippen molar-refractivity contribution in [1.82, 2.24) is 5.32 Å². The molecule has 0 bridgehead atoms. The minimum Gasteiger partial charge on any atom is -0.494 e. The molecule has 0 saturated carbocycles. The Bertz CT molecular complexity index is 530. The highest BCUT2D eigenvalue weighted by Gasteiger charge is 2.27. The Kier molecular flexibility index (Phi) is 6.40. The number of benzene rings is 1. The number of hydrogen-bond acceptors (Lipinski definition) is 3. The first-order chi connectivity index (χ1) is 11.1. The van der Waals surface area contributed by atoms with Gasteiger partial charge in [-0.25, -0.2) is 0 Å². The third-order valence-corrected chi connectivity index (χ3v) is 4.22. The number of carbonyl (C=O) groups is 2. The van der Waals surface area contributed by atoms with Crippen molar-refractivity contribution in [2.75, 3.05) is 31.6 Å². The Balaban J connectivity index is 1.79. The van der Waals surface area contributed by atoms with Crippen molar-refractivity contribution in [2.45, 2.75) is 32.7 Å². The highest BCUT2D eigenvalue weighted by atomic mass is 16.5. The predicted molar refractivity (Wildman–Crippen MR) is 88.6 cm³/mol. The Hall–Kier alpha value is -2.08. The molecular weight excluding hydrogens is 294 g/mol. The van der Waals surface area contributed by atoms with Gasteiger partial charge in [-0.3, -0.25) is 9.59 Å². The van der Waals surface area contributed by atoms with Gasteiger partial charge in [0.15, 0.2) is 0 Å². The number of carbonyl (C=O) groups excluding carboxylic acids is 2. The van der Waals surface area contributed by atoms with Crippen LogP contribution in [-0.2, 0) is 9.59 Å². The molecule has 6 heteroatoms. The van der Waals surface area contributed by atoms with Crippen molar-refractivity contribution in [3.05, 3.63) is 24.3 Å².